The third-order valence-electron chi connectivity index (χ3n) is 1.84. The lowest BCUT2D eigenvalue weighted by atomic mass is 10.2. The van der Waals surface area contributed by atoms with Crippen molar-refractivity contribution in [2.75, 3.05) is 7.11 Å². The van der Waals surface area contributed by atoms with Gasteiger partial charge in [0.2, 0.25) is 0 Å². The molecule has 0 unspecified atom stereocenters. The molecule has 0 saturated heterocycles. The smallest absolute Gasteiger partial charge is 0.331 e. The summed E-state index contributed by atoms with van der Waals surface area (Å²) in [7, 11) is -2.37. The van der Waals surface area contributed by atoms with Crippen LogP contribution in [-0.2, 0) is 19.4 Å². The molecule has 0 atom stereocenters. The Morgan fingerprint density at radius 1 is 1.18 bits per heavy atom. The van der Waals surface area contributed by atoms with E-state index in [1.807, 2.05) is 6.07 Å². The van der Waals surface area contributed by atoms with Gasteiger partial charge in [-0.1, -0.05) is 30.3 Å². The van der Waals surface area contributed by atoms with Gasteiger partial charge in [0, 0.05) is 16.9 Å². The molecule has 0 fully saturated rings. The number of hydrogen-bond acceptors (Lipinski definition) is 4. The summed E-state index contributed by atoms with van der Waals surface area (Å²) >= 11 is 0. The third-order valence-corrected chi connectivity index (χ3v) is 2.88. The molecule has 0 saturated carbocycles. The number of rotatable bonds is 4. The molecule has 0 aliphatic rings. The van der Waals surface area contributed by atoms with Crippen molar-refractivity contribution in [3.63, 3.8) is 0 Å². The maximum atomic E-state index is 11.4. The molecule has 0 aliphatic heterocycles. The quantitative estimate of drug-likeness (QED) is 0.605. The maximum absolute atomic E-state index is 11.4. The summed E-state index contributed by atoms with van der Waals surface area (Å²) in [5.41, 5.74) is 0.766. The molecule has 0 radical (unpaired) electrons. The zero-order valence-electron chi connectivity index (χ0n) is 9.24. The van der Waals surface area contributed by atoms with Gasteiger partial charge < -0.3 is 4.74 Å². The summed E-state index contributed by atoms with van der Waals surface area (Å²) in [4.78, 5) is 10.7. The second kappa shape index (κ2) is 6.00. The van der Waals surface area contributed by atoms with Gasteiger partial charge in [-0.3, -0.25) is 0 Å². The highest BCUT2D eigenvalue weighted by atomic mass is 32.2. The van der Waals surface area contributed by atoms with E-state index in [2.05, 4.69) is 4.74 Å². The first-order valence-corrected chi connectivity index (χ1v) is 6.39. The molecular formula is C12H12O4S. The number of esters is 1. The lowest BCUT2D eigenvalue weighted by Gasteiger charge is -1.92. The van der Waals surface area contributed by atoms with E-state index in [0.29, 0.717) is 0 Å². The van der Waals surface area contributed by atoms with Crippen molar-refractivity contribution in [1.82, 2.24) is 0 Å². The number of sulfone groups is 1. The van der Waals surface area contributed by atoms with Gasteiger partial charge in [-0.05, 0) is 11.6 Å². The second-order valence-electron chi connectivity index (χ2n) is 3.13. The second-order valence-corrected chi connectivity index (χ2v) is 4.85. The number of benzene rings is 1. The van der Waals surface area contributed by atoms with E-state index in [4.69, 9.17) is 0 Å². The predicted molar refractivity (Wildman–Crippen MR) is 65.6 cm³/mol. The van der Waals surface area contributed by atoms with Crippen molar-refractivity contribution in [3.8, 4) is 0 Å². The number of ether oxygens (including phenoxy) is 1. The number of carbonyl (C=O) groups excluding carboxylic acids is 1. The molecule has 17 heavy (non-hydrogen) atoms. The summed E-state index contributed by atoms with van der Waals surface area (Å²) in [5.74, 6) is -0.707. The van der Waals surface area contributed by atoms with Crippen LogP contribution in [0.2, 0.25) is 0 Å². The molecule has 0 aromatic heterocycles. The van der Waals surface area contributed by atoms with Gasteiger partial charge in [-0.15, -0.1) is 0 Å². The molecule has 0 aliphatic carbocycles. The van der Waals surface area contributed by atoms with Gasteiger partial charge in [-0.25, -0.2) is 13.2 Å². The Morgan fingerprint density at radius 2 is 1.82 bits per heavy atom. The molecule has 1 aromatic carbocycles. The molecule has 0 amide bonds. The van der Waals surface area contributed by atoms with Crippen molar-refractivity contribution in [2.24, 2.45) is 0 Å². The Labute approximate surface area is 100 Å². The monoisotopic (exact) mass is 252 g/mol. The van der Waals surface area contributed by atoms with Crippen LogP contribution in [0.4, 0.5) is 0 Å². The van der Waals surface area contributed by atoms with Crippen LogP contribution in [-0.4, -0.2) is 21.5 Å². The third kappa shape index (κ3) is 5.12. The van der Waals surface area contributed by atoms with Crippen LogP contribution in [0, 0.1) is 0 Å². The minimum absolute atomic E-state index is 0.707. The number of methoxy groups -OCH3 is 1. The SMILES string of the molecule is COC(=O)/C=C/S(=O)(=O)/C=C/c1ccccc1. The highest BCUT2D eigenvalue weighted by Gasteiger charge is 2.01. The Bertz CT molecular complexity index is 527. The fourth-order valence-electron chi connectivity index (χ4n) is 1.00. The van der Waals surface area contributed by atoms with E-state index in [1.165, 1.54) is 13.2 Å². The van der Waals surface area contributed by atoms with E-state index >= 15 is 0 Å². The van der Waals surface area contributed by atoms with Crippen LogP contribution in [0.5, 0.6) is 0 Å². The summed E-state index contributed by atoms with van der Waals surface area (Å²) in [5, 5.41) is 1.83. The highest BCUT2D eigenvalue weighted by molar-refractivity contribution is 7.97. The van der Waals surface area contributed by atoms with Crippen molar-refractivity contribution in [3.05, 3.63) is 52.8 Å². The minimum atomic E-state index is -3.55. The fraction of sp³-hybridized carbons (Fsp3) is 0.0833. The first-order chi connectivity index (χ1) is 8.03. The molecule has 0 N–H and O–H groups in total. The first-order valence-electron chi connectivity index (χ1n) is 4.78. The van der Waals surface area contributed by atoms with E-state index in [0.717, 1.165) is 22.5 Å². The molecule has 4 nitrogen and oxygen atoms in total. The summed E-state index contributed by atoms with van der Waals surface area (Å²) < 4.78 is 27.2. The molecule has 5 heteroatoms. The lowest BCUT2D eigenvalue weighted by Crippen LogP contribution is -1.96. The van der Waals surface area contributed by atoms with Crippen LogP contribution in [0.25, 0.3) is 6.08 Å². The van der Waals surface area contributed by atoms with Gasteiger partial charge in [0.15, 0.2) is 9.84 Å². The lowest BCUT2D eigenvalue weighted by molar-refractivity contribution is -0.134. The average molecular weight is 252 g/mol. The summed E-state index contributed by atoms with van der Waals surface area (Å²) in [6, 6.07) is 8.99. The Balaban J connectivity index is 2.77. The van der Waals surface area contributed by atoms with Gasteiger partial charge in [-0.2, -0.15) is 0 Å². The molecule has 1 rings (SSSR count). The van der Waals surface area contributed by atoms with Crippen molar-refractivity contribution in [1.29, 1.82) is 0 Å². The normalized spacial score (nSPS) is 12.1. The number of hydrogen-bond donors (Lipinski definition) is 0. The maximum Gasteiger partial charge on any atom is 0.331 e. The Morgan fingerprint density at radius 3 is 2.41 bits per heavy atom. The van der Waals surface area contributed by atoms with Crippen molar-refractivity contribution in [2.45, 2.75) is 0 Å². The molecule has 0 bridgehead atoms. The molecule has 90 valence electrons. The van der Waals surface area contributed by atoms with Gasteiger partial charge in [0.1, 0.15) is 0 Å². The van der Waals surface area contributed by atoms with Gasteiger partial charge >= 0.3 is 5.97 Å². The molecule has 0 spiro atoms. The van der Waals surface area contributed by atoms with Crippen LogP contribution in [0.15, 0.2) is 47.2 Å². The summed E-state index contributed by atoms with van der Waals surface area (Å²) in [6.07, 6.45) is 2.32. The Hall–Kier alpha value is -1.88. The highest BCUT2D eigenvalue weighted by Crippen LogP contribution is 2.04. The first kappa shape index (κ1) is 13.2. The van der Waals surface area contributed by atoms with E-state index in [1.54, 1.807) is 24.3 Å². The van der Waals surface area contributed by atoms with E-state index in [-0.39, 0.29) is 0 Å². The predicted octanol–water partition coefficient (Wildman–Crippen LogP) is 1.76. The minimum Gasteiger partial charge on any atom is -0.466 e. The average Bonchev–Trinajstić information content (AvgIpc) is 2.35. The van der Waals surface area contributed by atoms with Crippen LogP contribution in [0.3, 0.4) is 0 Å². The number of carbonyl (C=O) groups is 1. The summed E-state index contributed by atoms with van der Waals surface area (Å²) in [6.45, 7) is 0. The molecule has 1 aromatic rings. The van der Waals surface area contributed by atoms with E-state index in [9.17, 15) is 13.2 Å². The van der Waals surface area contributed by atoms with E-state index < -0.39 is 15.8 Å². The van der Waals surface area contributed by atoms with Gasteiger partial charge in [0.25, 0.3) is 0 Å². The zero-order valence-corrected chi connectivity index (χ0v) is 10.1. The van der Waals surface area contributed by atoms with Gasteiger partial charge in [0.05, 0.1) is 7.11 Å². The van der Waals surface area contributed by atoms with Crippen molar-refractivity contribution >= 4 is 21.9 Å². The largest absolute Gasteiger partial charge is 0.466 e. The molecule has 0 heterocycles. The van der Waals surface area contributed by atoms with Crippen LogP contribution >= 0.6 is 0 Å². The standard InChI is InChI=1S/C12H12O4S/c1-16-12(13)8-10-17(14,15)9-7-11-5-3-2-4-6-11/h2-10H,1H3/b9-7+,10-8+. The van der Waals surface area contributed by atoms with Crippen LogP contribution < -0.4 is 0 Å². The Kier molecular flexibility index (Phi) is 4.66. The van der Waals surface area contributed by atoms with Crippen molar-refractivity contribution < 1.29 is 17.9 Å². The zero-order chi connectivity index (χ0) is 12.7. The fourth-order valence-corrected chi connectivity index (χ4v) is 1.74. The molecular weight excluding hydrogens is 240 g/mol. The van der Waals surface area contributed by atoms with Crippen LogP contribution in [0.1, 0.15) is 5.56 Å². The topological polar surface area (TPSA) is 60.4 Å².